The molecule has 0 nitrogen and oxygen atoms in total. The van der Waals surface area contributed by atoms with E-state index >= 15 is 0 Å². The first kappa shape index (κ1) is 15.8. The summed E-state index contributed by atoms with van der Waals surface area (Å²) < 4.78 is 0. The van der Waals surface area contributed by atoms with Crippen LogP contribution in [0.1, 0.15) is 81.3 Å². The van der Waals surface area contributed by atoms with Gasteiger partial charge in [0.2, 0.25) is 0 Å². The minimum Gasteiger partial charge on any atom is -0.103 e. The molecule has 3 rings (SSSR count). The first-order valence-electron chi connectivity index (χ1n) is 9.56. The summed E-state index contributed by atoms with van der Waals surface area (Å²) in [7, 11) is 0. The Bertz CT molecular complexity index is 441. The predicted molar refractivity (Wildman–Crippen MR) is 96.2 cm³/mol. The van der Waals surface area contributed by atoms with Crippen LogP contribution in [-0.2, 0) is 6.42 Å². The van der Waals surface area contributed by atoms with Crippen LogP contribution in [0.15, 0.2) is 36.9 Å². The van der Waals surface area contributed by atoms with Gasteiger partial charge in [-0.05, 0) is 67.4 Å². The van der Waals surface area contributed by atoms with Gasteiger partial charge in [-0.3, -0.25) is 0 Å². The van der Waals surface area contributed by atoms with Gasteiger partial charge in [-0.1, -0.05) is 62.4 Å². The summed E-state index contributed by atoms with van der Waals surface area (Å²) >= 11 is 0. The molecular formula is C22H32. The highest BCUT2D eigenvalue weighted by Crippen LogP contribution is 2.42. The molecule has 1 aromatic rings. The zero-order valence-corrected chi connectivity index (χ0v) is 14.1. The lowest BCUT2D eigenvalue weighted by atomic mass is 9.70. The molecule has 0 radical (unpaired) electrons. The Morgan fingerprint density at radius 2 is 1.45 bits per heavy atom. The molecule has 2 saturated carbocycles. The van der Waals surface area contributed by atoms with E-state index in [1.54, 1.807) is 5.56 Å². The average molecular weight is 296 g/mol. The van der Waals surface area contributed by atoms with Crippen molar-refractivity contribution in [2.75, 3.05) is 0 Å². The Hall–Kier alpha value is -1.04. The van der Waals surface area contributed by atoms with Gasteiger partial charge in [-0.25, -0.2) is 0 Å². The second-order valence-electron chi connectivity index (χ2n) is 7.58. The van der Waals surface area contributed by atoms with Gasteiger partial charge in [0.25, 0.3) is 0 Å². The van der Waals surface area contributed by atoms with Crippen LogP contribution in [0.25, 0.3) is 0 Å². The molecule has 2 aliphatic rings. The summed E-state index contributed by atoms with van der Waals surface area (Å²) in [5, 5.41) is 0. The highest BCUT2D eigenvalue weighted by atomic mass is 14.3. The molecule has 0 heterocycles. The molecule has 22 heavy (non-hydrogen) atoms. The van der Waals surface area contributed by atoms with Crippen molar-refractivity contribution in [3.63, 3.8) is 0 Å². The Kier molecular flexibility index (Phi) is 5.76. The topological polar surface area (TPSA) is 0 Å². The van der Waals surface area contributed by atoms with E-state index in [1.165, 1.54) is 63.4 Å². The fourth-order valence-electron chi connectivity index (χ4n) is 4.75. The summed E-state index contributed by atoms with van der Waals surface area (Å²) in [6.07, 6.45) is 17.6. The van der Waals surface area contributed by atoms with E-state index in [9.17, 15) is 0 Å². The van der Waals surface area contributed by atoms with E-state index in [4.69, 9.17) is 0 Å². The van der Waals surface area contributed by atoms with Crippen LogP contribution in [-0.4, -0.2) is 0 Å². The molecule has 0 N–H and O–H groups in total. The summed E-state index contributed by atoms with van der Waals surface area (Å²) in [6.45, 7) is 3.81. The number of hydrogen-bond donors (Lipinski definition) is 0. The monoisotopic (exact) mass is 296 g/mol. The summed E-state index contributed by atoms with van der Waals surface area (Å²) in [5.74, 6) is 2.94. The van der Waals surface area contributed by atoms with E-state index in [-0.39, 0.29) is 0 Å². The number of hydrogen-bond acceptors (Lipinski definition) is 0. The zero-order valence-electron chi connectivity index (χ0n) is 14.1. The Morgan fingerprint density at radius 1 is 0.818 bits per heavy atom. The quantitative estimate of drug-likeness (QED) is 0.533. The van der Waals surface area contributed by atoms with Gasteiger partial charge in [0.1, 0.15) is 0 Å². The van der Waals surface area contributed by atoms with Crippen molar-refractivity contribution in [2.24, 2.45) is 11.8 Å². The van der Waals surface area contributed by atoms with Crippen LogP contribution in [0.4, 0.5) is 0 Å². The Labute approximate surface area is 137 Å². The molecule has 0 aromatic heterocycles. The molecule has 0 spiro atoms. The van der Waals surface area contributed by atoms with Crippen LogP contribution < -0.4 is 0 Å². The molecule has 0 bridgehead atoms. The highest BCUT2D eigenvalue weighted by molar-refractivity contribution is 5.26. The van der Waals surface area contributed by atoms with Crippen LogP contribution in [0, 0.1) is 11.8 Å². The SMILES string of the molecule is C=CCCc1ccc(C2CCC(C3CCCCC3)CC2)cc1. The second-order valence-corrected chi connectivity index (χ2v) is 7.58. The molecule has 0 heteroatoms. The minimum absolute atomic E-state index is 0.827. The van der Waals surface area contributed by atoms with Crippen molar-refractivity contribution in [3.8, 4) is 0 Å². The standard InChI is InChI=1S/C22H32/c1-2-3-7-18-10-12-20(13-11-18)22-16-14-21(15-17-22)19-8-5-4-6-9-19/h2,10-13,19,21-22H,1,3-9,14-17H2. The number of aryl methyl sites for hydroxylation is 1. The fraction of sp³-hybridized carbons (Fsp3) is 0.636. The smallest absolute Gasteiger partial charge is 0.0162 e. The van der Waals surface area contributed by atoms with E-state index in [2.05, 4.69) is 30.8 Å². The summed E-state index contributed by atoms with van der Waals surface area (Å²) in [6, 6.07) is 9.46. The maximum Gasteiger partial charge on any atom is -0.0162 e. The maximum absolute atomic E-state index is 3.81. The lowest BCUT2D eigenvalue weighted by Gasteiger charge is -2.36. The predicted octanol–water partition coefficient (Wildman–Crippen LogP) is 6.66. The highest BCUT2D eigenvalue weighted by Gasteiger charge is 2.28. The lowest BCUT2D eigenvalue weighted by Crippen LogP contribution is -2.23. The summed E-state index contributed by atoms with van der Waals surface area (Å²) in [4.78, 5) is 0. The summed E-state index contributed by atoms with van der Waals surface area (Å²) in [5.41, 5.74) is 3.05. The molecule has 2 aliphatic carbocycles. The first-order chi connectivity index (χ1) is 10.9. The number of allylic oxidation sites excluding steroid dienone is 1. The van der Waals surface area contributed by atoms with Gasteiger partial charge in [-0.2, -0.15) is 0 Å². The fourth-order valence-corrected chi connectivity index (χ4v) is 4.75. The Morgan fingerprint density at radius 3 is 2.09 bits per heavy atom. The van der Waals surface area contributed by atoms with Crippen molar-refractivity contribution in [2.45, 2.75) is 76.5 Å². The van der Waals surface area contributed by atoms with E-state index < -0.39 is 0 Å². The van der Waals surface area contributed by atoms with Gasteiger partial charge in [0.05, 0.1) is 0 Å². The van der Waals surface area contributed by atoms with Crippen LogP contribution in [0.2, 0.25) is 0 Å². The van der Waals surface area contributed by atoms with E-state index in [1.807, 2.05) is 6.08 Å². The zero-order chi connectivity index (χ0) is 15.2. The average Bonchev–Trinajstić information content (AvgIpc) is 2.61. The van der Waals surface area contributed by atoms with Crippen molar-refractivity contribution in [1.29, 1.82) is 0 Å². The molecule has 0 aliphatic heterocycles. The van der Waals surface area contributed by atoms with Gasteiger partial charge < -0.3 is 0 Å². The molecule has 0 atom stereocenters. The molecule has 1 aromatic carbocycles. The van der Waals surface area contributed by atoms with Crippen LogP contribution in [0.5, 0.6) is 0 Å². The second kappa shape index (κ2) is 7.99. The molecule has 0 amide bonds. The van der Waals surface area contributed by atoms with Gasteiger partial charge >= 0.3 is 0 Å². The van der Waals surface area contributed by atoms with Crippen molar-refractivity contribution >= 4 is 0 Å². The Balaban J connectivity index is 1.51. The van der Waals surface area contributed by atoms with Crippen molar-refractivity contribution < 1.29 is 0 Å². The molecule has 0 unspecified atom stereocenters. The number of rotatable bonds is 5. The van der Waals surface area contributed by atoms with Crippen LogP contribution >= 0.6 is 0 Å². The number of benzene rings is 1. The first-order valence-corrected chi connectivity index (χ1v) is 9.56. The van der Waals surface area contributed by atoms with Gasteiger partial charge in [0.15, 0.2) is 0 Å². The van der Waals surface area contributed by atoms with E-state index in [0.29, 0.717) is 0 Å². The minimum atomic E-state index is 0.827. The third kappa shape index (κ3) is 4.03. The molecular weight excluding hydrogens is 264 g/mol. The van der Waals surface area contributed by atoms with Crippen molar-refractivity contribution in [1.82, 2.24) is 0 Å². The molecule has 0 saturated heterocycles. The lowest BCUT2D eigenvalue weighted by molar-refractivity contribution is 0.186. The molecule has 120 valence electrons. The largest absolute Gasteiger partial charge is 0.103 e. The third-order valence-electron chi connectivity index (χ3n) is 6.18. The van der Waals surface area contributed by atoms with E-state index in [0.717, 1.165) is 30.6 Å². The van der Waals surface area contributed by atoms with Crippen molar-refractivity contribution in [3.05, 3.63) is 48.0 Å². The maximum atomic E-state index is 3.81. The third-order valence-corrected chi connectivity index (χ3v) is 6.18. The van der Waals surface area contributed by atoms with Gasteiger partial charge in [0, 0.05) is 0 Å². The molecule has 2 fully saturated rings. The van der Waals surface area contributed by atoms with Crippen LogP contribution in [0.3, 0.4) is 0 Å². The van der Waals surface area contributed by atoms with Gasteiger partial charge in [-0.15, -0.1) is 6.58 Å². The normalized spacial score (nSPS) is 26.7.